The van der Waals surface area contributed by atoms with Crippen LogP contribution in [0.25, 0.3) is 0 Å². The average molecular weight is 230 g/mol. The van der Waals surface area contributed by atoms with Gasteiger partial charge < -0.3 is 1.43 Å². The number of rotatable bonds is 3. The van der Waals surface area contributed by atoms with Crippen molar-refractivity contribution < 1.29 is 39.4 Å². The number of nitrogens with one attached hydrogen (secondary N) is 1. The molecule has 0 atom stereocenters. The minimum Gasteiger partial charge on any atom is -1.00 e. The molecule has 0 aliphatic rings. The zero-order valence-electron chi connectivity index (χ0n) is 8.20. The predicted octanol–water partition coefficient (Wildman–Crippen LogP) is -1.62. The van der Waals surface area contributed by atoms with E-state index in [4.69, 9.17) is 11.8 Å². The van der Waals surface area contributed by atoms with Crippen LogP contribution < -0.4 is 33.8 Å². The van der Waals surface area contributed by atoms with Gasteiger partial charge in [0, 0.05) is 0 Å². The second-order valence-electron chi connectivity index (χ2n) is 2.32. The molecule has 0 heterocycles. The fourth-order valence-electron chi connectivity index (χ4n) is 0.821. The summed E-state index contributed by atoms with van der Waals surface area (Å²) < 4.78 is 23.6. The minimum atomic E-state index is -3.36. The van der Waals surface area contributed by atoms with Crippen LogP contribution in [0.1, 0.15) is 6.99 Å². The van der Waals surface area contributed by atoms with Crippen molar-refractivity contribution in [2.75, 3.05) is 0 Å². The van der Waals surface area contributed by atoms with Crippen molar-refractivity contribution in [2.45, 2.75) is 5.75 Å². The first-order valence-corrected chi connectivity index (χ1v) is 5.31. The molecule has 1 aromatic rings. The molecule has 1 N–H and O–H groups in total. The van der Waals surface area contributed by atoms with Crippen LogP contribution in [-0.4, -0.2) is 8.42 Å². The van der Waals surface area contributed by atoms with Gasteiger partial charge in [0.15, 0.2) is 0 Å². The summed E-state index contributed by atoms with van der Waals surface area (Å²) in [6.07, 6.45) is 0. The summed E-state index contributed by atoms with van der Waals surface area (Å²) >= 11 is 5.01. The first-order valence-electron chi connectivity index (χ1n) is 3.28. The van der Waals surface area contributed by atoms with E-state index in [1.165, 1.54) is 0 Å². The third kappa shape index (κ3) is 5.00. The number of sulfonamides is 1. The van der Waals surface area contributed by atoms with E-state index in [1.807, 2.05) is 6.07 Å². The number of hydrogen-bond acceptors (Lipinski definition) is 2. The molecule has 1 rings (SSSR count). The number of hydrogen-bond donors (Lipinski definition) is 1. The standard InChI is InChI=1S/C7H8ClNO2S.Na.H/c8-9-12(10,11)6-7-4-2-1-3-5-7;;/h1-5,9H,6H2;;/q;+1;-1. The third-order valence-electron chi connectivity index (χ3n) is 1.32. The Morgan fingerprint density at radius 3 is 2.31 bits per heavy atom. The fourth-order valence-corrected chi connectivity index (χ4v) is 1.67. The van der Waals surface area contributed by atoms with Gasteiger partial charge in [-0.15, -0.1) is 4.24 Å². The molecule has 0 unspecified atom stereocenters. The maximum Gasteiger partial charge on any atom is 1.00 e. The van der Waals surface area contributed by atoms with Crippen molar-refractivity contribution in [3.05, 3.63) is 35.9 Å². The number of benzene rings is 1. The van der Waals surface area contributed by atoms with Crippen LogP contribution in [0.2, 0.25) is 0 Å². The minimum absolute atomic E-state index is 0. The van der Waals surface area contributed by atoms with Crippen molar-refractivity contribution in [3.63, 3.8) is 0 Å². The zero-order chi connectivity index (χ0) is 9.03. The summed E-state index contributed by atoms with van der Waals surface area (Å²) in [6.45, 7) is 0. The molecular formula is C7H9ClNNaO2S. The van der Waals surface area contributed by atoms with Crippen molar-refractivity contribution in [2.24, 2.45) is 0 Å². The Bertz CT molecular complexity index is 346. The largest absolute Gasteiger partial charge is 1.00 e. The summed E-state index contributed by atoms with van der Waals surface area (Å²) in [5, 5.41) is 0. The van der Waals surface area contributed by atoms with Gasteiger partial charge in [-0.05, 0) is 17.3 Å². The van der Waals surface area contributed by atoms with E-state index in [-0.39, 0.29) is 36.7 Å². The second-order valence-corrected chi connectivity index (χ2v) is 4.46. The van der Waals surface area contributed by atoms with Gasteiger partial charge in [-0.1, -0.05) is 30.3 Å². The van der Waals surface area contributed by atoms with Crippen LogP contribution in [0, 0.1) is 0 Å². The molecule has 3 nitrogen and oxygen atoms in total. The fraction of sp³-hybridized carbons (Fsp3) is 0.143. The molecule has 1 aromatic carbocycles. The van der Waals surface area contributed by atoms with Gasteiger partial charge in [-0.25, -0.2) is 8.42 Å². The van der Waals surface area contributed by atoms with Gasteiger partial charge in [0.05, 0.1) is 5.75 Å². The van der Waals surface area contributed by atoms with Crippen molar-refractivity contribution >= 4 is 21.8 Å². The van der Waals surface area contributed by atoms with Gasteiger partial charge in [0.1, 0.15) is 0 Å². The van der Waals surface area contributed by atoms with Crippen LogP contribution in [-0.2, 0) is 15.8 Å². The van der Waals surface area contributed by atoms with Gasteiger partial charge in [-0.2, -0.15) is 0 Å². The molecule has 0 aliphatic carbocycles. The van der Waals surface area contributed by atoms with E-state index in [0.717, 1.165) is 0 Å². The molecule has 0 amide bonds. The van der Waals surface area contributed by atoms with Crippen LogP contribution >= 0.6 is 11.8 Å². The van der Waals surface area contributed by atoms with Crippen LogP contribution in [0.5, 0.6) is 0 Å². The number of halogens is 1. The smallest absolute Gasteiger partial charge is 1.00 e. The van der Waals surface area contributed by atoms with E-state index >= 15 is 0 Å². The normalized spacial score (nSPS) is 10.5. The van der Waals surface area contributed by atoms with Gasteiger partial charge >= 0.3 is 29.6 Å². The van der Waals surface area contributed by atoms with E-state index in [2.05, 4.69) is 0 Å². The van der Waals surface area contributed by atoms with Crippen LogP contribution in [0.4, 0.5) is 0 Å². The van der Waals surface area contributed by atoms with Gasteiger partial charge in [0.25, 0.3) is 0 Å². The Kier molecular flexibility index (Phi) is 6.20. The Morgan fingerprint density at radius 1 is 1.31 bits per heavy atom. The molecular weight excluding hydrogens is 221 g/mol. The summed E-state index contributed by atoms with van der Waals surface area (Å²) in [7, 11) is -3.36. The monoisotopic (exact) mass is 229 g/mol. The van der Waals surface area contributed by atoms with E-state index in [1.54, 1.807) is 28.5 Å². The van der Waals surface area contributed by atoms with E-state index in [9.17, 15) is 8.42 Å². The van der Waals surface area contributed by atoms with Crippen molar-refractivity contribution in [1.82, 2.24) is 4.24 Å². The molecule has 13 heavy (non-hydrogen) atoms. The van der Waals surface area contributed by atoms with Gasteiger partial charge in [0.2, 0.25) is 10.0 Å². The molecule has 0 saturated carbocycles. The van der Waals surface area contributed by atoms with E-state index in [0.29, 0.717) is 5.56 Å². The van der Waals surface area contributed by atoms with E-state index < -0.39 is 10.0 Å². The summed E-state index contributed by atoms with van der Waals surface area (Å²) in [6, 6.07) is 8.83. The summed E-state index contributed by atoms with van der Waals surface area (Å²) in [5.41, 5.74) is 0.714. The zero-order valence-corrected chi connectivity index (χ0v) is 10.8. The molecule has 6 heteroatoms. The van der Waals surface area contributed by atoms with Crippen molar-refractivity contribution in [1.29, 1.82) is 0 Å². The molecule has 68 valence electrons. The molecule has 0 saturated heterocycles. The molecule has 0 aliphatic heterocycles. The first kappa shape index (κ1) is 13.4. The average Bonchev–Trinajstić information content (AvgIpc) is 2.06. The summed E-state index contributed by atoms with van der Waals surface area (Å²) in [4.78, 5) is 0. The SMILES string of the molecule is O=S(=O)(Cc1ccccc1)NCl.[H-].[Na+]. The van der Waals surface area contributed by atoms with Crippen LogP contribution in [0.3, 0.4) is 0 Å². The maximum atomic E-state index is 10.9. The molecule has 0 radical (unpaired) electrons. The van der Waals surface area contributed by atoms with Crippen LogP contribution in [0.15, 0.2) is 30.3 Å². The maximum absolute atomic E-state index is 10.9. The van der Waals surface area contributed by atoms with Gasteiger partial charge in [-0.3, -0.25) is 0 Å². The molecule has 0 fully saturated rings. The first-order chi connectivity index (χ1) is 5.64. The second kappa shape index (κ2) is 6.01. The topological polar surface area (TPSA) is 46.2 Å². The van der Waals surface area contributed by atoms with Crippen molar-refractivity contribution in [3.8, 4) is 0 Å². The molecule has 0 bridgehead atoms. The Hall–Kier alpha value is 0.420. The third-order valence-corrected chi connectivity index (χ3v) is 2.97. The Labute approximate surface area is 106 Å². The molecule has 0 aromatic heterocycles. The summed E-state index contributed by atoms with van der Waals surface area (Å²) in [5.74, 6) is -0.0860. The quantitative estimate of drug-likeness (QED) is 0.500. The Balaban J connectivity index is 0. The molecule has 0 spiro atoms. The Morgan fingerprint density at radius 2 is 1.85 bits per heavy atom. The predicted molar refractivity (Wildman–Crippen MR) is 49.2 cm³/mol.